The Bertz CT molecular complexity index is 297. The summed E-state index contributed by atoms with van der Waals surface area (Å²) in [6.07, 6.45) is 2.87. The Morgan fingerprint density at radius 3 is 2.86 bits per heavy atom. The highest BCUT2D eigenvalue weighted by molar-refractivity contribution is 7.99. The van der Waals surface area contributed by atoms with Crippen molar-refractivity contribution in [2.24, 2.45) is 4.99 Å². The Hall–Kier alpha value is -1.07. The minimum absolute atomic E-state index is 0.524. The number of nitrogens with one attached hydrogen (secondary N) is 1. The zero-order valence-electron chi connectivity index (χ0n) is 8.14. The fraction of sp³-hybridized carbons (Fsp3) is 0.333. The minimum atomic E-state index is 0.524. The number of hydrogen-bond donors (Lipinski definition) is 2. The number of pyridine rings is 1. The second kappa shape index (κ2) is 5.62. The average Bonchev–Trinajstić information content (AvgIpc) is 2.16. The first-order chi connectivity index (χ1) is 6.72. The van der Waals surface area contributed by atoms with Crippen LogP contribution in [0.25, 0.3) is 0 Å². The maximum Gasteiger partial charge on any atom is 0.113 e. The summed E-state index contributed by atoms with van der Waals surface area (Å²) in [5.41, 5.74) is 2.55. The van der Waals surface area contributed by atoms with Crippen LogP contribution in [0.2, 0.25) is 0 Å². The molecule has 0 bridgehead atoms. The lowest BCUT2D eigenvalue weighted by Gasteiger charge is -2.02. The number of nitrogens with zero attached hydrogens (tertiary/aromatic N) is 2. The Morgan fingerprint density at radius 1 is 1.57 bits per heavy atom. The molecule has 0 saturated heterocycles. The van der Waals surface area contributed by atoms with Crippen molar-refractivity contribution in [2.45, 2.75) is 24.1 Å². The van der Waals surface area contributed by atoms with Crippen molar-refractivity contribution in [3.8, 4) is 0 Å². The summed E-state index contributed by atoms with van der Waals surface area (Å²) >= 11 is 1.70. The zero-order valence-corrected chi connectivity index (χ0v) is 8.95. The third-order valence-electron chi connectivity index (χ3n) is 1.35. The van der Waals surface area contributed by atoms with Crippen molar-refractivity contribution >= 4 is 23.8 Å². The van der Waals surface area contributed by atoms with Crippen LogP contribution in [0, 0.1) is 0 Å². The van der Waals surface area contributed by atoms with Crippen LogP contribution in [-0.4, -0.2) is 21.8 Å². The van der Waals surface area contributed by atoms with Crippen LogP contribution in [0.4, 0.5) is 5.69 Å². The highest BCUT2D eigenvalue weighted by Gasteiger charge is 1.98. The van der Waals surface area contributed by atoms with Gasteiger partial charge in [0.15, 0.2) is 0 Å². The molecule has 0 atom stereocenters. The maximum atomic E-state index is 8.28. The first-order valence-electron chi connectivity index (χ1n) is 4.27. The van der Waals surface area contributed by atoms with E-state index in [9.17, 15) is 0 Å². The summed E-state index contributed by atoms with van der Waals surface area (Å²) in [6.45, 7) is 4.24. The van der Waals surface area contributed by atoms with Crippen molar-refractivity contribution in [3.05, 3.63) is 18.3 Å². The van der Waals surface area contributed by atoms with Gasteiger partial charge >= 0.3 is 0 Å². The van der Waals surface area contributed by atoms with Crippen LogP contribution in [0.15, 0.2) is 28.3 Å². The minimum Gasteiger partial charge on any atom is -0.290 e. The van der Waals surface area contributed by atoms with E-state index in [1.54, 1.807) is 18.0 Å². The monoisotopic (exact) mass is 211 g/mol. The average molecular weight is 211 g/mol. The Kier molecular flexibility index (Phi) is 4.42. The van der Waals surface area contributed by atoms with Gasteiger partial charge in [-0.05, 0) is 12.1 Å². The summed E-state index contributed by atoms with van der Waals surface area (Å²) < 4.78 is 0. The van der Waals surface area contributed by atoms with Gasteiger partial charge in [0.2, 0.25) is 0 Å². The van der Waals surface area contributed by atoms with Gasteiger partial charge in [0, 0.05) is 5.25 Å². The number of hydrogen-bond acceptors (Lipinski definition) is 4. The second-order valence-electron chi connectivity index (χ2n) is 2.91. The van der Waals surface area contributed by atoms with Gasteiger partial charge in [-0.15, -0.1) is 11.8 Å². The molecule has 1 rings (SSSR count). The third-order valence-corrected chi connectivity index (χ3v) is 2.30. The molecule has 0 saturated carbocycles. The van der Waals surface area contributed by atoms with Crippen LogP contribution < -0.4 is 5.48 Å². The molecule has 2 N–H and O–H groups in total. The molecule has 0 fully saturated rings. The summed E-state index contributed by atoms with van der Waals surface area (Å²) in [4.78, 5) is 8.10. The molecule has 4 nitrogen and oxygen atoms in total. The molecule has 1 aromatic rings. The van der Waals surface area contributed by atoms with Crippen molar-refractivity contribution < 1.29 is 5.21 Å². The molecular weight excluding hydrogens is 198 g/mol. The van der Waals surface area contributed by atoms with Gasteiger partial charge in [0.05, 0.1) is 16.9 Å². The normalized spacial score (nSPS) is 11.1. The third kappa shape index (κ3) is 3.76. The van der Waals surface area contributed by atoms with E-state index in [1.165, 1.54) is 6.34 Å². The van der Waals surface area contributed by atoms with Gasteiger partial charge in [-0.2, -0.15) is 0 Å². The molecule has 0 aromatic carbocycles. The van der Waals surface area contributed by atoms with E-state index in [0.29, 0.717) is 10.9 Å². The first kappa shape index (κ1) is 11.0. The number of rotatable bonds is 4. The summed E-state index contributed by atoms with van der Waals surface area (Å²) in [5, 5.41) is 9.78. The van der Waals surface area contributed by atoms with Gasteiger partial charge in [0.25, 0.3) is 0 Å². The van der Waals surface area contributed by atoms with Crippen LogP contribution in [0.3, 0.4) is 0 Å². The first-order valence-corrected chi connectivity index (χ1v) is 5.15. The van der Waals surface area contributed by atoms with E-state index >= 15 is 0 Å². The SMILES string of the molecule is CC(C)Sc1ccc(N=CNO)cn1. The van der Waals surface area contributed by atoms with Crippen LogP contribution >= 0.6 is 11.8 Å². The molecule has 1 heterocycles. The molecule has 5 heteroatoms. The Labute approximate surface area is 87.4 Å². The maximum absolute atomic E-state index is 8.28. The predicted molar refractivity (Wildman–Crippen MR) is 58.3 cm³/mol. The summed E-state index contributed by atoms with van der Waals surface area (Å²) in [7, 11) is 0. The Morgan fingerprint density at radius 2 is 2.36 bits per heavy atom. The van der Waals surface area contributed by atoms with Crippen molar-refractivity contribution in [3.63, 3.8) is 0 Å². The van der Waals surface area contributed by atoms with E-state index in [0.717, 1.165) is 5.03 Å². The molecule has 0 radical (unpaired) electrons. The quantitative estimate of drug-likeness (QED) is 0.347. The highest BCUT2D eigenvalue weighted by Crippen LogP contribution is 2.21. The molecule has 0 aliphatic heterocycles. The topological polar surface area (TPSA) is 57.5 Å². The van der Waals surface area contributed by atoms with Crippen molar-refractivity contribution in [2.75, 3.05) is 0 Å². The van der Waals surface area contributed by atoms with Gasteiger partial charge < -0.3 is 0 Å². The van der Waals surface area contributed by atoms with Crippen LogP contribution in [0.1, 0.15) is 13.8 Å². The lowest BCUT2D eigenvalue weighted by molar-refractivity contribution is 0.240. The molecule has 0 aliphatic carbocycles. The van der Waals surface area contributed by atoms with Gasteiger partial charge in [-0.3, -0.25) is 10.7 Å². The van der Waals surface area contributed by atoms with Gasteiger partial charge in [-0.25, -0.2) is 9.98 Å². The number of hydroxylamine groups is 1. The molecule has 76 valence electrons. The molecular formula is C9H13N3OS. The van der Waals surface area contributed by atoms with Crippen LogP contribution in [-0.2, 0) is 0 Å². The molecule has 0 spiro atoms. The number of aromatic nitrogens is 1. The van der Waals surface area contributed by atoms with Crippen LogP contribution in [0.5, 0.6) is 0 Å². The highest BCUT2D eigenvalue weighted by atomic mass is 32.2. The van der Waals surface area contributed by atoms with E-state index in [1.807, 2.05) is 17.6 Å². The fourth-order valence-corrected chi connectivity index (χ4v) is 1.61. The summed E-state index contributed by atoms with van der Waals surface area (Å²) in [5.74, 6) is 0. The van der Waals surface area contributed by atoms with E-state index in [-0.39, 0.29) is 0 Å². The largest absolute Gasteiger partial charge is 0.290 e. The van der Waals surface area contributed by atoms with Gasteiger partial charge in [-0.1, -0.05) is 13.8 Å². The van der Waals surface area contributed by atoms with Crippen molar-refractivity contribution in [1.82, 2.24) is 10.5 Å². The molecule has 0 aliphatic rings. The lowest BCUT2D eigenvalue weighted by Crippen LogP contribution is -2.00. The second-order valence-corrected chi connectivity index (χ2v) is 4.51. The smallest absolute Gasteiger partial charge is 0.113 e. The molecule has 14 heavy (non-hydrogen) atoms. The standard InChI is InChI=1S/C9H13N3OS/c1-7(2)14-9-4-3-8(5-10-9)11-6-12-13/h3-7,13H,1-2H3,(H,11,12). The van der Waals surface area contributed by atoms with Gasteiger partial charge in [0.1, 0.15) is 6.34 Å². The van der Waals surface area contributed by atoms with Crippen molar-refractivity contribution in [1.29, 1.82) is 0 Å². The predicted octanol–water partition coefficient (Wildman–Crippen LogP) is 2.22. The van der Waals surface area contributed by atoms with E-state index < -0.39 is 0 Å². The molecule has 0 unspecified atom stereocenters. The fourth-order valence-electron chi connectivity index (χ4n) is 0.863. The summed E-state index contributed by atoms with van der Waals surface area (Å²) in [6, 6.07) is 3.76. The zero-order chi connectivity index (χ0) is 10.4. The lowest BCUT2D eigenvalue weighted by atomic mass is 10.4. The molecule has 1 aromatic heterocycles. The van der Waals surface area contributed by atoms with E-state index in [2.05, 4.69) is 23.8 Å². The van der Waals surface area contributed by atoms with E-state index in [4.69, 9.17) is 5.21 Å². The Balaban J connectivity index is 2.64. The number of thioether (sulfide) groups is 1. The number of aliphatic imine (C=N–C) groups is 1. The molecule has 0 amide bonds.